The van der Waals surface area contributed by atoms with E-state index in [1.807, 2.05) is 78.9 Å². The number of ether oxygens (including phenoxy) is 1. The Labute approximate surface area is 443 Å². The molecule has 0 saturated carbocycles. The fourth-order valence-corrected chi connectivity index (χ4v) is 10.5. The van der Waals surface area contributed by atoms with Crippen molar-refractivity contribution in [2.24, 2.45) is 0 Å². The van der Waals surface area contributed by atoms with Gasteiger partial charge in [-0.15, -0.1) is 0 Å². The summed E-state index contributed by atoms with van der Waals surface area (Å²) in [6.07, 6.45) is 3.34. The van der Waals surface area contributed by atoms with Crippen molar-refractivity contribution < 1.29 is 35.1 Å². The van der Waals surface area contributed by atoms with Crippen LogP contribution in [0.2, 0.25) is 6.75 Å². The Hall–Kier alpha value is -6.50. The number of nitrogens with zero attached hydrogens (tertiary/aromatic N) is 6. The number of aromatic nitrogens is 5. The van der Waals surface area contributed by atoms with Gasteiger partial charge in [0.1, 0.15) is 0 Å². The molecule has 6 aromatic carbocycles. The topological polar surface area (TPSA) is 53.0 Å². The average molecular weight is 1120 g/mol. The van der Waals surface area contributed by atoms with Crippen LogP contribution in [0.25, 0.3) is 55.9 Å². The molecule has 1 aliphatic heterocycles. The third-order valence-electron chi connectivity index (χ3n) is 13.5. The van der Waals surface area contributed by atoms with Gasteiger partial charge in [0.05, 0.1) is 0 Å². The molecule has 9 aromatic rings. The van der Waals surface area contributed by atoms with Gasteiger partial charge in [0.15, 0.2) is 0 Å². The van der Waals surface area contributed by atoms with E-state index in [0.717, 1.165) is 59.5 Å². The molecule has 4 heterocycles. The third kappa shape index (κ3) is 8.99. The number of benzene rings is 6. The van der Waals surface area contributed by atoms with Gasteiger partial charge in [0.2, 0.25) is 0 Å². The van der Waals surface area contributed by atoms with Crippen LogP contribution in [0.15, 0.2) is 158 Å². The molecule has 362 valence electrons. The summed E-state index contributed by atoms with van der Waals surface area (Å²) in [6, 6.07) is 36.5. The summed E-state index contributed by atoms with van der Waals surface area (Å²) >= 11 is 2.35. The number of anilines is 2. The number of hydrogen-bond acceptors (Lipinski definition) is 4. The van der Waals surface area contributed by atoms with Crippen molar-refractivity contribution in [1.82, 2.24) is 23.8 Å². The van der Waals surface area contributed by atoms with Gasteiger partial charge in [-0.05, 0) is 17.0 Å². The molecule has 10 rings (SSSR count). The van der Waals surface area contributed by atoms with Crippen molar-refractivity contribution in [2.75, 3.05) is 4.81 Å². The van der Waals surface area contributed by atoms with Gasteiger partial charge in [0, 0.05) is 16.5 Å². The molecule has 0 amide bonds. The summed E-state index contributed by atoms with van der Waals surface area (Å²) in [7, 11) is 0. The second-order valence-corrected chi connectivity index (χ2v) is 23.7. The van der Waals surface area contributed by atoms with Crippen molar-refractivity contribution >= 4 is 29.5 Å². The molecule has 0 fully saturated rings. The van der Waals surface area contributed by atoms with Crippen LogP contribution in [0, 0.1) is 3.80 Å². The van der Waals surface area contributed by atoms with Gasteiger partial charge in [-0.25, -0.2) is 0 Å². The van der Waals surface area contributed by atoms with Crippen LogP contribution in [0.5, 0.6) is 11.5 Å². The number of hydrogen-bond donors (Lipinski definition) is 0. The molecule has 0 aliphatic carbocycles. The second-order valence-electron chi connectivity index (χ2n) is 22.7. The molecular formula is C62H65BN6OPt. The Balaban J connectivity index is 1.20. The molecule has 7 nitrogen and oxygen atoms in total. The van der Waals surface area contributed by atoms with Gasteiger partial charge >= 0.3 is 386 Å². The first-order valence-electron chi connectivity index (χ1n) is 28.2. The molecule has 0 N–H and O–H groups in total. The standard InChI is InChI=1S/C62H65BN6O.Pt/c1-59(2,3)43-28-30-64-57(37-43)68-56-39-49(26-27-50(56)53-29-31-65-69(53)63(68)13)70-48-23-19-22-47(38-48)66-40-67(55-25-18-17-24-54(55)66)58-51(41-20-15-14-16-21-41)35-46(62(10,11)12)36-52(58)42-32-44(60(4,5)6)34-45(33-42)61(7,8)9;/h14-39H,1-13H3;/i13D3,14D,15D,16D,20D,21D;. The zero-order chi connectivity index (χ0) is 57.2. The quantitative estimate of drug-likeness (QED) is 0.149. The Morgan fingerprint density at radius 3 is 1.83 bits per heavy atom. The maximum absolute atomic E-state index is 9.50. The first kappa shape index (κ1) is 39.2. The monoisotopic (exact) mass is 1120 g/mol. The molecule has 1 aliphatic rings. The van der Waals surface area contributed by atoms with E-state index in [2.05, 4.69) is 153 Å². The Morgan fingerprint density at radius 2 is 1.18 bits per heavy atom. The van der Waals surface area contributed by atoms with E-state index >= 15 is 0 Å². The number of pyridine rings is 1. The van der Waals surface area contributed by atoms with E-state index in [4.69, 9.17) is 17.9 Å². The molecular weight excluding hydrogens is 1050 g/mol. The summed E-state index contributed by atoms with van der Waals surface area (Å²) < 4.78 is 85.5. The fraction of sp³-hybridized carbons (Fsp3) is 0.274. The zero-order valence-corrected chi connectivity index (χ0v) is 44.9. The molecule has 0 bridgehead atoms. The fourth-order valence-electron chi connectivity index (χ4n) is 9.36. The molecule has 3 aromatic heterocycles. The van der Waals surface area contributed by atoms with E-state index < -0.39 is 37.3 Å². The van der Waals surface area contributed by atoms with Crippen LogP contribution in [0.3, 0.4) is 0 Å². The summed E-state index contributed by atoms with van der Waals surface area (Å²) in [5.41, 5.74) is 10.7. The average Bonchev–Trinajstić information content (AvgIpc) is 4.24. The van der Waals surface area contributed by atoms with Crippen LogP contribution >= 0.6 is 0 Å². The molecule has 0 unspecified atom stereocenters. The molecule has 0 radical (unpaired) electrons. The number of imidazole rings is 1. The van der Waals surface area contributed by atoms with E-state index in [1.54, 1.807) is 21.8 Å². The van der Waals surface area contributed by atoms with Crippen molar-refractivity contribution in [3.05, 3.63) is 184 Å². The Bertz CT molecular complexity index is 3920. The van der Waals surface area contributed by atoms with Crippen molar-refractivity contribution in [3.8, 4) is 56.4 Å². The minimum absolute atomic E-state index is 0.114. The third-order valence-corrected chi connectivity index (χ3v) is 14.5. The van der Waals surface area contributed by atoms with Gasteiger partial charge in [0.25, 0.3) is 0 Å². The Kier molecular flexibility index (Phi) is 9.74. The zero-order valence-electron chi connectivity index (χ0n) is 50.6. The minimum atomic E-state index is -2.51. The van der Waals surface area contributed by atoms with E-state index in [-0.39, 0.29) is 33.9 Å². The van der Waals surface area contributed by atoms with Crippen LogP contribution in [0.4, 0.5) is 11.5 Å². The van der Waals surface area contributed by atoms with E-state index in [1.165, 1.54) is 0 Å². The Morgan fingerprint density at radius 1 is 0.563 bits per heavy atom. The number of rotatable bonds is 7. The van der Waals surface area contributed by atoms with Gasteiger partial charge in [-0.1, -0.05) is 20.8 Å². The predicted octanol–water partition coefficient (Wildman–Crippen LogP) is 16.2. The first-order chi connectivity index (χ1) is 36.8. The normalized spacial score (nSPS) is 15.0. The van der Waals surface area contributed by atoms with Crippen LogP contribution < -0.4 is 9.55 Å². The molecule has 0 saturated heterocycles. The molecule has 9 heteroatoms. The second kappa shape index (κ2) is 17.7. The molecule has 0 spiro atoms. The number of fused-ring (bicyclic) bond motifs is 4. The summed E-state index contributed by atoms with van der Waals surface area (Å²) in [6.45, 7) is 22.3. The van der Waals surface area contributed by atoms with Crippen LogP contribution in [-0.4, -0.2) is 30.8 Å². The maximum atomic E-state index is 9.50. The van der Waals surface area contributed by atoms with Crippen molar-refractivity contribution in [2.45, 2.75) is 111 Å². The SMILES string of the molecule is [2H]c1c([2H])c([2H])c(-c2cc(C(C)(C)C)cc(-c3cc(C(C)(C)C)cc(C(C)(C)C)c3)c2-n2[c](=[Pt])n(-c3cccc(Oc4ccc5c(c4)N(c4cc(C(C)(C)C)ccn4)B(C([2H])([2H])[2H])n4nccc4-5)c3)c3ccccc32)c([2H])c1[2H]. The molecule has 71 heavy (non-hydrogen) atoms. The summed E-state index contributed by atoms with van der Waals surface area (Å²) in [5.74, 6) is 1.47. The van der Waals surface area contributed by atoms with Crippen LogP contribution in [0.1, 0.15) is 116 Å². The van der Waals surface area contributed by atoms with E-state index in [0.29, 0.717) is 39.9 Å². The van der Waals surface area contributed by atoms with E-state index in [9.17, 15) is 2.74 Å². The van der Waals surface area contributed by atoms with Gasteiger partial charge in [-0.2, -0.15) is 5.10 Å². The van der Waals surface area contributed by atoms with Gasteiger partial charge in [-0.3, -0.25) is 0 Å². The molecule has 0 atom stereocenters. The number of para-hydroxylation sites is 2. The first-order valence-corrected chi connectivity index (χ1v) is 25.3. The van der Waals surface area contributed by atoms with Crippen molar-refractivity contribution in [1.29, 1.82) is 0 Å². The summed E-state index contributed by atoms with van der Waals surface area (Å²) in [4.78, 5) is 6.51. The van der Waals surface area contributed by atoms with Crippen molar-refractivity contribution in [3.63, 3.8) is 0 Å². The predicted molar refractivity (Wildman–Crippen MR) is 293 cm³/mol. The van der Waals surface area contributed by atoms with Crippen LogP contribution in [-0.2, 0) is 41.0 Å². The summed E-state index contributed by atoms with van der Waals surface area (Å²) in [5, 5.41) is 4.54. The van der Waals surface area contributed by atoms with Gasteiger partial charge < -0.3 is 0 Å².